The lowest BCUT2D eigenvalue weighted by atomic mass is 9.82. The third-order valence-corrected chi connectivity index (χ3v) is 3.91. The Morgan fingerprint density at radius 3 is 2.28 bits per heavy atom. The van der Waals surface area contributed by atoms with E-state index in [-0.39, 0.29) is 5.41 Å². The van der Waals surface area contributed by atoms with Gasteiger partial charge in [-0.15, -0.1) is 0 Å². The molecule has 0 radical (unpaired) electrons. The molecule has 0 aliphatic heterocycles. The first-order valence-electron chi connectivity index (χ1n) is 6.94. The smallest absolute Gasteiger partial charge is 0.119 e. The maximum Gasteiger partial charge on any atom is 0.119 e. The molecule has 0 atom stereocenters. The van der Waals surface area contributed by atoms with Crippen LogP contribution in [0.3, 0.4) is 0 Å². The minimum Gasteiger partial charge on any atom is -0.494 e. The second-order valence-corrected chi connectivity index (χ2v) is 5.84. The van der Waals surface area contributed by atoms with E-state index in [4.69, 9.17) is 4.74 Å². The van der Waals surface area contributed by atoms with Gasteiger partial charge in [-0.2, -0.15) is 12.6 Å². The number of rotatable bonds is 8. The largest absolute Gasteiger partial charge is 0.494 e. The summed E-state index contributed by atoms with van der Waals surface area (Å²) < 4.78 is 5.73. The summed E-state index contributed by atoms with van der Waals surface area (Å²) in [6.07, 6.45) is 4.64. The van der Waals surface area contributed by atoms with E-state index < -0.39 is 0 Å². The molecule has 0 amide bonds. The molecule has 1 aromatic carbocycles. The summed E-state index contributed by atoms with van der Waals surface area (Å²) >= 11 is 4.20. The van der Waals surface area contributed by atoms with Crippen LogP contribution in [0.4, 0.5) is 0 Å². The van der Waals surface area contributed by atoms with Crippen LogP contribution in [-0.4, -0.2) is 12.4 Å². The Kier molecular flexibility index (Phi) is 6.62. The fourth-order valence-electron chi connectivity index (χ4n) is 1.79. The van der Waals surface area contributed by atoms with Crippen molar-refractivity contribution in [2.24, 2.45) is 0 Å². The molecular formula is C16H26OS. The minimum atomic E-state index is 0.255. The van der Waals surface area contributed by atoms with Crippen molar-refractivity contribution in [3.05, 3.63) is 29.8 Å². The monoisotopic (exact) mass is 266 g/mol. The Labute approximate surface area is 117 Å². The van der Waals surface area contributed by atoms with Crippen LogP contribution in [0.1, 0.15) is 52.0 Å². The van der Waals surface area contributed by atoms with Gasteiger partial charge in [0.15, 0.2) is 0 Å². The van der Waals surface area contributed by atoms with Crippen LogP contribution in [0.2, 0.25) is 0 Å². The van der Waals surface area contributed by atoms with Gasteiger partial charge in [-0.25, -0.2) is 0 Å². The van der Waals surface area contributed by atoms with E-state index in [0.29, 0.717) is 0 Å². The van der Waals surface area contributed by atoms with Gasteiger partial charge in [0.05, 0.1) is 6.61 Å². The Hall–Kier alpha value is -0.630. The lowest BCUT2D eigenvalue weighted by molar-refractivity contribution is 0.306. The summed E-state index contributed by atoms with van der Waals surface area (Å²) in [4.78, 5) is 0. The fraction of sp³-hybridized carbons (Fsp3) is 0.625. The number of thiol groups is 1. The average molecular weight is 266 g/mol. The summed E-state index contributed by atoms with van der Waals surface area (Å²) in [5.41, 5.74) is 1.64. The predicted molar refractivity (Wildman–Crippen MR) is 83.0 cm³/mol. The van der Waals surface area contributed by atoms with E-state index in [2.05, 4.69) is 57.7 Å². The zero-order valence-corrected chi connectivity index (χ0v) is 12.8. The zero-order chi connectivity index (χ0) is 13.4. The van der Waals surface area contributed by atoms with Gasteiger partial charge in [0.2, 0.25) is 0 Å². The first-order chi connectivity index (χ1) is 8.60. The molecule has 0 aliphatic rings. The maximum absolute atomic E-state index is 5.73. The lowest BCUT2D eigenvalue weighted by Crippen LogP contribution is -2.15. The van der Waals surface area contributed by atoms with Gasteiger partial charge in [0.1, 0.15) is 5.75 Å². The molecule has 102 valence electrons. The third kappa shape index (κ3) is 4.93. The summed E-state index contributed by atoms with van der Waals surface area (Å²) in [5, 5.41) is 0. The number of benzene rings is 1. The topological polar surface area (TPSA) is 9.23 Å². The maximum atomic E-state index is 5.73. The molecule has 1 nitrogen and oxygen atoms in total. The van der Waals surface area contributed by atoms with Gasteiger partial charge in [-0.1, -0.05) is 32.9 Å². The molecule has 0 heterocycles. The molecule has 0 spiro atoms. The van der Waals surface area contributed by atoms with Gasteiger partial charge in [-0.05, 0) is 54.5 Å². The molecule has 0 saturated heterocycles. The SMILES string of the molecule is CCC(C)(C)c1ccc(OCCCCCS)cc1. The Morgan fingerprint density at radius 1 is 1.06 bits per heavy atom. The quantitative estimate of drug-likeness (QED) is 0.522. The normalized spacial score (nSPS) is 11.6. The number of ether oxygens (including phenoxy) is 1. The number of unbranched alkanes of at least 4 members (excludes halogenated alkanes) is 2. The van der Waals surface area contributed by atoms with Crippen molar-refractivity contribution in [3.8, 4) is 5.75 Å². The molecule has 0 unspecified atom stereocenters. The molecule has 0 bridgehead atoms. The minimum absolute atomic E-state index is 0.255. The van der Waals surface area contributed by atoms with Crippen LogP contribution in [0.25, 0.3) is 0 Å². The second-order valence-electron chi connectivity index (χ2n) is 5.39. The summed E-state index contributed by atoms with van der Waals surface area (Å²) in [6.45, 7) is 7.59. The highest BCUT2D eigenvalue weighted by Gasteiger charge is 2.17. The van der Waals surface area contributed by atoms with E-state index in [0.717, 1.165) is 31.0 Å². The van der Waals surface area contributed by atoms with Crippen molar-refractivity contribution in [2.45, 2.75) is 51.9 Å². The van der Waals surface area contributed by atoms with Crippen molar-refractivity contribution < 1.29 is 4.74 Å². The first-order valence-corrected chi connectivity index (χ1v) is 7.57. The summed E-state index contributed by atoms with van der Waals surface area (Å²) in [5.74, 6) is 1.96. The van der Waals surface area contributed by atoms with Crippen molar-refractivity contribution in [1.29, 1.82) is 0 Å². The van der Waals surface area contributed by atoms with Gasteiger partial charge < -0.3 is 4.74 Å². The summed E-state index contributed by atoms with van der Waals surface area (Å²) in [7, 11) is 0. The van der Waals surface area contributed by atoms with Crippen LogP contribution < -0.4 is 4.74 Å². The lowest BCUT2D eigenvalue weighted by Gasteiger charge is -2.23. The van der Waals surface area contributed by atoms with Gasteiger partial charge in [0.25, 0.3) is 0 Å². The standard InChI is InChI=1S/C16H26OS/c1-4-16(2,3)14-8-10-15(11-9-14)17-12-6-5-7-13-18/h8-11,18H,4-7,12-13H2,1-3H3. The molecule has 0 fully saturated rings. The van der Waals surface area contributed by atoms with Crippen molar-refractivity contribution in [2.75, 3.05) is 12.4 Å². The Bertz CT molecular complexity index is 329. The van der Waals surface area contributed by atoms with E-state index in [1.165, 1.54) is 18.4 Å². The zero-order valence-electron chi connectivity index (χ0n) is 11.9. The van der Waals surface area contributed by atoms with Crippen molar-refractivity contribution in [1.82, 2.24) is 0 Å². The number of hydrogen-bond acceptors (Lipinski definition) is 2. The molecule has 0 saturated carbocycles. The van der Waals surface area contributed by atoms with Gasteiger partial charge in [-0.3, -0.25) is 0 Å². The molecule has 1 aromatic rings. The van der Waals surface area contributed by atoms with E-state index in [9.17, 15) is 0 Å². The van der Waals surface area contributed by atoms with Crippen molar-refractivity contribution in [3.63, 3.8) is 0 Å². The second kappa shape index (κ2) is 7.73. The Morgan fingerprint density at radius 2 is 1.72 bits per heavy atom. The van der Waals surface area contributed by atoms with Crippen LogP contribution in [0.15, 0.2) is 24.3 Å². The fourth-order valence-corrected chi connectivity index (χ4v) is 2.01. The molecule has 18 heavy (non-hydrogen) atoms. The highest BCUT2D eigenvalue weighted by atomic mass is 32.1. The highest BCUT2D eigenvalue weighted by Crippen LogP contribution is 2.28. The molecule has 0 aromatic heterocycles. The van der Waals surface area contributed by atoms with Crippen LogP contribution >= 0.6 is 12.6 Å². The van der Waals surface area contributed by atoms with Gasteiger partial charge >= 0.3 is 0 Å². The van der Waals surface area contributed by atoms with Gasteiger partial charge in [0, 0.05) is 0 Å². The Balaban J connectivity index is 2.41. The third-order valence-electron chi connectivity index (χ3n) is 3.59. The van der Waals surface area contributed by atoms with Crippen LogP contribution in [0.5, 0.6) is 5.75 Å². The number of hydrogen-bond donors (Lipinski definition) is 1. The molecular weight excluding hydrogens is 240 g/mol. The first kappa shape index (κ1) is 15.4. The van der Waals surface area contributed by atoms with Crippen LogP contribution in [-0.2, 0) is 5.41 Å². The van der Waals surface area contributed by atoms with Crippen molar-refractivity contribution >= 4 is 12.6 Å². The molecule has 1 rings (SSSR count). The molecule has 0 aliphatic carbocycles. The van der Waals surface area contributed by atoms with E-state index in [1.807, 2.05) is 0 Å². The molecule has 0 N–H and O–H groups in total. The van der Waals surface area contributed by atoms with E-state index >= 15 is 0 Å². The average Bonchev–Trinajstić information content (AvgIpc) is 2.39. The predicted octanol–water partition coefficient (Wildman–Crippen LogP) is 4.85. The highest BCUT2D eigenvalue weighted by molar-refractivity contribution is 7.80. The molecule has 2 heteroatoms. The van der Waals surface area contributed by atoms with Crippen LogP contribution in [0, 0.1) is 0 Å². The summed E-state index contributed by atoms with van der Waals surface area (Å²) in [6, 6.07) is 8.55. The van der Waals surface area contributed by atoms with E-state index in [1.54, 1.807) is 0 Å².